The fourth-order valence-electron chi connectivity index (χ4n) is 1.42. The predicted molar refractivity (Wildman–Crippen MR) is 56.7 cm³/mol. The Balaban J connectivity index is 3.29. The van der Waals surface area contributed by atoms with Crippen LogP contribution in [0, 0.1) is 0 Å². The SMILES string of the molecule is CNc1cccc(C(C)(C)F)c1OC. The molecule has 0 aliphatic carbocycles. The number of anilines is 1. The number of halogens is 1. The van der Waals surface area contributed by atoms with E-state index < -0.39 is 5.67 Å². The Bertz CT molecular complexity index is 318. The Morgan fingerprint density at radius 2 is 2.00 bits per heavy atom. The molecular formula is C11H16FNO. The van der Waals surface area contributed by atoms with Crippen molar-refractivity contribution >= 4 is 5.69 Å². The van der Waals surface area contributed by atoms with Gasteiger partial charge in [0, 0.05) is 12.6 Å². The number of ether oxygens (including phenoxy) is 1. The van der Waals surface area contributed by atoms with Crippen LogP contribution in [0.4, 0.5) is 10.1 Å². The molecule has 0 fully saturated rings. The highest BCUT2D eigenvalue weighted by Crippen LogP contribution is 2.37. The van der Waals surface area contributed by atoms with Gasteiger partial charge in [-0.05, 0) is 19.9 Å². The molecule has 2 nitrogen and oxygen atoms in total. The van der Waals surface area contributed by atoms with Crippen LogP contribution in [-0.4, -0.2) is 14.2 Å². The smallest absolute Gasteiger partial charge is 0.148 e. The summed E-state index contributed by atoms with van der Waals surface area (Å²) >= 11 is 0. The molecule has 0 bridgehead atoms. The molecule has 14 heavy (non-hydrogen) atoms. The first-order valence-corrected chi connectivity index (χ1v) is 4.55. The van der Waals surface area contributed by atoms with Gasteiger partial charge in [0.05, 0.1) is 12.8 Å². The van der Waals surface area contributed by atoms with Crippen LogP contribution in [0.3, 0.4) is 0 Å². The highest BCUT2D eigenvalue weighted by Gasteiger charge is 2.24. The van der Waals surface area contributed by atoms with Gasteiger partial charge in [-0.15, -0.1) is 0 Å². The van der Waals surface area contributed by atoms with Crippen molar-refractivity contribution in [3.8, 4) is 5.75 Å². The Morgan fingerprint density at radius 1 is 1.36 bits per heavy atom. The molecule has 0 aliphatic rings. The average Bonchev–Trinajstić information content (AvgIpc) is 2.15. The molecule has 0 aliphatic heterocycles. The van der Waals surface area contributed by atoms with Crippen LogP contribution in [0.5, 0.6) is 5.75 Å². The molecule has 0 unspecified atom stereocenters. The summed E-state index contributed by atoms with van der Waals surface area (Å²) in [5.41, 5.74) is -0.0272. The second-order valence-corrected chi connectivity index (χ2v) is 3.61. The van der Waals surface area contributed by atoms with E-state index in [-0.39, 0.29) is 0 Å². The summed E-state index contributed by atoms with van der Waals surface area (Å²) in [5.74, 6) is 0.572. The second-order valence-electron chi connectivity index (χ2n) is 3.61. The van der Waals surface area contributed by atoms with Gasteiger partial charge in [-0.3, -0.25) is 0 Å². The highest BCUT2D eigenvalue weighted by molar-refractivity contribution is 5.61. The van der Waals surface area contributed by atoms with Gasteiger partial charge in [0.1, 0.15) is 11.4 Å². The maximum Gasteiger partial charge on any atom is 0.148 e. The predicted octanol–water partition coefficient (Wildman–Crippen LogP) is 2.94. The number of hydrogen-bond acceptors (Lipinski definition) is 2. The van der Waals surface area contributed by atoms with Gasteiger partial charge in [-0.25, -0.2) is 4.39 Å². The van der Waals surface area contributed by atoms with Crippen LogP contribution < -0.4 is 10.1 Å². The van der Waals surface area contributed by atoms with Crippen molar-refractivity contribution in [2.75, 3.05) is 19.5 Å². The zero-order chi connectivity index (χ0) is 10.8. The lowest BCUT2D eigenvalue weighted by Crippen LogP contribution is -2.11. The Hall–Kier alpha value is -1.25. The van der Waals surface area contributed by atoms with E-state index in [9.17, 15) is 4.39 Å². The largest absolute Gasteiger partial charge is 0.494 e. The molecule has 0 atom stereocenters. The normalized spacial score (nSPS) is 11.2. The molecule has 3 heteroatoms. The van der Waals surface area contributed by atoms with Gasteiger partial charge in [0.15, 0.2) is 0 Å². The molecule has 0 heterocycles. The van der Waals surface area contributed by atoms with Gasteiger partial charge in [-0.2, -0.15) is 0 Å². The van der Waals surface area contributed by atoms with Crippen LogP contribution in [0.2, 0.25) is 0 Å². The first-order valence-electron chi connectivity index (χ1n) is 4.55. The zero-order valence-electron chi connectivity index (χ0n) is 9.02. The number of hydrogen-bond donors (Lipinski definition) is 1. The molecule has 1 aromatic rings. The summed E-state index contributed by atoms with van der Waals surface area (Å²) in [7, 11) is 3.33. The van der Waals surface area contributed by atoms with E-state index in [1.54, 1.807) is 20.2 Å². The maximum atomic E-state index is 13.8. The van der Waals surface area contributed by atoms with Crippen LogP contribution >= 0.6 is 0 Å². The Kier molecular flexibility index (Phi) is 2.99. The van der Waals surface area contributed by atoms with Gasteiger partial charge in [-0.1, -0.05) is 12.1 Å². The summed E-state index contributed by atoms with van der Waals surface area (Å²) in [6.45, 7) is 3.04. The third kappa shape index (κ3) is 1.97. The van der Waals surface area contributed by atoms with Crippen LogP contribution in [-0.2, 0) is 5.67 Å². The van der Waals surface area contributed by atoms with Gasteiger partial charge < -0.3 is 10.1 Å². The number of methoxy groups -OCH3 is 1. The zero-order valence-corrected chi connectivity index (χ0v) is 9.02. The topological polar surface area (TPSA) is 21.3 Å². The molecule has 78 valence electrons. The average molecular weight is 197 g/mol. The molecule has 1 aromatic carbocycles. The molecule has 0 saturated heterocycles. The first-order chi connectivity index (χ1) is 6.50. The minimum Gasteiger partial charge on any atom is -0.494 e. The maximum absolute atomic E-state index is 13.8. The van der Waals surface area contributed by atoms with Gasteiger partial charge in [0.2, 0.25) is 0 Å². The summed E-state index contributed by atoms with van der Waals surface area (Å²) < 4.78 is 19.0. The third-order valence-corrected chi connectivity index (χ3v) is 2.13. The Morgan fingerprint density at radius 3 is 2.43 bits per heavy atom. The molecule has 1 N–H and O–H groups in total. The standard InChI is InChI=1S/C11H16FNO/c1-11(2,12)8-6-5-7-9(13-3)10(8)14-4/h5-7,13H,1-4H3. The molecule has 0 spiro atoms. The number of benzene rings is 1. The molecule has 0 amide bonds. The van der Waals surface area contributed by atoms with E-state index in [4.69, 9.17) is 4.74 Å². The second kappa shape index (κ2) is 3.86. The number of nitrogens with one attached hydrogen (secondary N) is 1. The van der Waals surface area contributed by atoms with E-state index in [1.807, 2.05) is 12.1 Å². The van der Waals surface area contributed by atoms with Crippen molar-refractivity contribution in [3.05, 3.63) is 23.8 Å². The van der Waals surface area contributed by atoms with E-state index in [2.05, 4.69) is 5.32 Å². The highest BCUT2D eigenvalue weighted by atomic mass is 19.1. The van der Waals surface area contributed by atoms with Gasteiger partial charge >= 0.3 is 0 Å². The fraction of sp³-hybridized carbons (Fsp3) is 0.455. The minimum atomic E-state index is -1.39. The van der Waals surface area contributed by atoms with Crippen LogP contribution in [0.25, 0.3) is 0 Å². The van der Waals surface area contributed by atoms with Crippen LogP contribution in [0.1, 0.15) is 19.4 Å². The molecular weight excluding hydrogens is 181 g/mol. The Labute approximate surface area is 84.1 Å². The summed E-state index contributed by atoms with van der Waals surface area (Å²) in [6.07, 6.45) is 0. The van der Waals surface area contributed by atoms with Crippen molar-refractivity contribution in [1.29, 1.82) is 0 Å². The van der Waals surface area contributed by atoms with Crippen molar-refractivity contribution < 1.29 is 9.13 Å². The molecule has 0 saturated carbocycles. The van der Waals surface area contributed by atoms with E-state index in [0.29, 0.717) is 11.3 Å². The third-order valence-electron chi connectivity index (χ3n) is 2.13. The number of para-hydroxylation sites is 1. The van der Waals surface area contributed by atoms with E-state index in [1.165, 1.54) is 13.8 Å². The minimum absolute atomic E-state index is 0.562. The monoisotopic (exact) mass is 197 g/mol. The number of alkyl halides is 1. The summed E-state index contributed by atoms with van der Waals surface area (Å²) in [6, 6.07) is 5.40. The molecule has 0 aromatic heterocycles. The lowest BCUT2D eigenvalue weighted by atomic mass is 9.98. The molecule has 1 rings (SSSR count). The van der Waals surface area contributed by atoms with Crippen LogP contribution in [0.15, 0.2) is 18.2 Å². The van der Waals surface area contributed by atoms with Crippen molar-refractivity contribution in [1.82, 2.24) is 0 Å². The number of rotatable bonds is 3. The lowest BCUT2D eigenvalue weighted by molar-refractivity contribution is 0.214. The summed E-state index contributed by atoms with van der Waals surface area (Å²) in [4.78, 5) is 0. The lowest BCUT2D eigenvalue weighted by Gasteiger charge is -2.20. The van der Waals surface area contributed by atoms with E-state index in [0.717, 1.165) is 5.69 Å². The van der Waals surface area contributed by atoms with E-state index >= 15 is 0 Å². The quantitative estimate of drug-likeness (QED) is 0.804. The van der Waals surface area contributed by atoms with Gasteiger partial charge in [0.25, 0.3) is 0 Å². The van der Waals surface area contributed by atoms with Crippen molar-refractivity contribution in [3.63, 3.8) is 0 Å². The molecule has 0 radical (unpaired) electrons. The van der Waals surface area contributed by atoms with Crippen molar-refractivity contribution in [2.24, 2.45) is 0 Å². The summed E-state index contributed by atoms with van der Waals surface area (Å²) in [5, 5.41) is 2.97. The van der Waals surface area contributed by atoms with Crippen molar-refractivity contribution in [2.45, 2.75) is 19.5 Å². The first kappa shape index (κ1) is 10.8. The fourth-order valence-corrected chi connectivity index (χ4v) is 1.42.